The molecule has 1 aliphatic carbocycles. The fourth-order valence-electron chi connectivity index (χ4n) is 1.95. The van der Waals surface area contributed by atoms with Crippen LogP contribution in [0.5, 0.6) is 0 Å². The van der Waals surface area contributed by atoms with Crippen molar-refractivity contribution in [2.75, 3.05) is 0 Å². The number of aliphatic hydroxyl groups excluding tert-OH is 1. The third-order valence-corrected chi connectivity index (χ3v) is 6.06. The summed E-state index contributed by atoms with van der Waals surface area (Å²) in [6.07, 6.45) is 2.63. The summed E-state index contributed by atoms with van der Waals surface area (Å²) in [6.45, 7) is 0. The van der Waals surface area contributed by atoms with Crippen molar-refractivity contribution in [3.63, 3.8) is 0 Å². The summed E-state index contributed by atoms with van der Waals surface area (Å²) in [4.78, 5) is 0. The quantitative estimate of drug-likeness (QED) is 0.896. The van der Waals surface area contributed by atoms with Crippen molar-refractivity contribution in [3.05, 3.63) is 16.5 Å². The first-order valence-electron chi connectivity index (χ1n) is 5.45. The molecule has 2 N–H and O–H groups in total. The molecular weight excluding hydrogens is 282 g/mol. The molecule has 0 aliphatic heterocycles. The van der Waals surface area contributed by atoms with Crippen LogP contribution in [0.3, 0.4) is 0 Å². The average Bonchev–Trinajstić information content (AvgIpc) is 2.69. The Morgan fingerprint density at radius 3 is 2.65 bits per heavy atom. The Bertz CT molecular complexity index is 485. The maximum atomic E-state index is 12.0. The Kier molecular flexibility index (Phi) is 4.10. The summed E-state index contributed by atoms with van der Waals surface area (Å²) in [5.41, 5.74) is 0. The first kappa shape index (κ1) is 13.3. The normalized spacial score (nSPS) is 26.0. The van der Waals surface area contributed by atoms with Crippen molar-refractivity contribution in [2.45, 2.75) is 42.0 Å². The van der Waals surface area contributed by atoms with Gasteiger partial charge in [-0.2, -0.15) is 0 Å². The van der Waals surface area contributed by atoms with Gasteiger partial charge in [0.2, 0.25) is 10.0 Å². The van der Waals surface area contributed by atoms with E-state index in [0.717, 1.165) is 24.2 Å². The maximum Gasteiger partial charge on any atom is 0.250 e. The van der Waals surface area contributed by atoms with Crippen molar-refractivity contribution in [1.29, 1.82) is 0 Å². The molecule has 7 heteroatoms. The first-order chi connectivity index (χ1) is 7.99. The summed E-state index contributed by atoms with van der Waals surface area (Å²) in [5, 5.41) is 9.73. The van der Waals surface area contributed by atoms with Crippen LogP contribution in [0, 0.1) is 0 Å². The van der Waals surface area contributed by atoms with Gasteiger partial charge in [-0.15, -0.1) is 11.3 Å². The van der Waals surface area contributed by atoms with Gasteiger partial charge in [-0.05, 0) is 25.0 Å². The zero-order valence-electron chi connectivity index (χ0n) is 9.10. The van der Waals surface area contributed by atoms with Crippen LogP contribution in [-0.4, -0.2) is 25.7 Å². The third-order valence-electron chi connectivity index (χ3n) is 2.85. The smallest absolute Gasteiger partial charge is 0.250 e. The largest absolute Gasteiger partial charge is 0.391 e. The number of halogens is 1. The summed E-state index contributed by atoms with van der Waals surface area (Å²) in [5.74, 6) is 0. The standard InChI is InChI=1S/C10H14ClNO3S2/c11-9-5-6-10(16-9)17(14,15)12-7-3-1-2-4-8(7)13/h5-8,12-13H,1-4H2. The van der Waals surface area contributed by atoms with E-state index in [1.165, 1.54) is 6.07 Å². The van der Waals surface area contributed by atoms with Crippen LogP contribution in [0.1, 0.15) is 25.7 Å². The van der Waals surface area contributed by atoms with Gasteiger partial charge in [-0.3, -0.25) is 0 Å². The summed E-state index contributed by atoms with van der Waals surface area (Å²) in [7, 11) is -3.55. The van der Waals surface area contributed by atoms with E-state index in [1.807, 2.05) is 0 Å². The molecule has 2 unspecified atom stereocenters. The molecule has 0 radical (unpaired) electrons. The molecule has 0 bridgehead atoms. The van der Waals surface area contributed by atoms with Gasteiger partial charge in [0.25, 0.3) is 0 Å². The predicted molar refractivity (Wildman–Crippen MR) is 67.9 cm³/mol. The van der Waals surface area contributed by atoms with Crippen LogP contribution in [0.25, 0.3) is 0 Å². The van der Waals surface area contributed by atoms with E-state index in [1.54, 1.807) is 6.07 Å². The van der Waals surface area contributed by atoms with Crippen LogP contribution >= 0.6 is 22.9 Å². The van der Waals surface area contributed by atoms with Gasteiger partial charge in [0.15, 0.2) is 0 Å². The maximum absolute atomic E-state index is 12.0. The molecule has 2 atom stereocenters. The summed E-state index contributed by atoms with van der Waals surface area (Å²) >= 11 is 6.73. The number of hydrogen-bond donors (Lipinski definition) is 2. The number of thiophene rings is 1. The van der Waals surface area contributed by atoms with Gasteiger partial charge in [-0.25, -0.2) is 13.1 Å². The molecule has 1 aliphatic rings. The molecule has 0 saturated heterocycles. The van der Waals surface area contributed by atoms with E-state index in [9.17, 15) is 13.5 Å². The second kappa shape index (κ2) is 5.24. The van der Waals surface area contributed by atoms with E-state index >= 15 is 0 Å². The molecule has 2 rings (SSSR count). The van der Waals surface area contributed by atoms with Gasteiger partial charge in [0.1, 0.15) is 4.21 Å². The van der Waals surface area contributed by atoms with E-state index in [4.69, 9.17) is 11.6 Å². The average molecular weight is 296 g/mol. The Labute approximate surface area is 110 Å². The second-order valence-corrected chi connectivity index (χ2v) is 7.79. The lowest BCUT2D eigenvalue weighted by atomic mass is 9.93. The fourth-order valence-corrected chi connectivity index (χ4v) is 4.75. The van der Waals surface area contributed by atoms with E-state index < -0.39 is 16.1 Å². The van der Waals surface area contributed by atoms with E-state index in [2.05, 4.69) is 4.72 Å². The first-order valence-corrected chi connectivity index (χ1v) is 8.12. The highest BCUT2D eigenvalue weighted by atomic mass is 35.5. The molecule has 96 valence electrons. The number of aliphatic hydroxyl groups is 1. The van der Waals surface area contributed by atoms with Crippen LogP contribution in [0.2, 0.25) is 4.34 Å². The molecular formula is C10H14ClNO3S2. The molecule has 1 heterocycles. The van der Waals surface area contributed by atoms with Crippen LogP contribution in [0.4, 0.5) is 0 Å². The lowest BCUT2D eigenvalue weighted by molar-refractivity contribution is 0.101. The molecule has 0 aromatic carbocycles. The lowest BCUT2D eigenvalue weighted by Gasteiger charge is -2.27. The molecule has 1 aromatic heterocycles. The third kappa shape index (κ3) is 3.20. The Morgan fingerprint density at radius 1 is 1.35 bits per heavy atom. The Morgan fingerprint density at radius 2 is 2.06 bits per heavy atom. The van der Waals surface area contributed by atoms with Crippen molar-refractivity contribution in [3.8, 4) is 0 Å². The Balaban J connectivity index is 2.11. The zero-order valence-corrected chi connectivity index (χ0v) is 11.5. The molecule has 1 aromatic rings. The highest BCUT2D eigenvalue weighted by molar-refractivity contribution is 7.91. The topological polar surface area (TPSA) is 66.4 Å². The minimum Gasteiger partial charge on any atom is -0.391 e. The van der Waals surface area contributed by atoms with Gasteiger partial charge in [-0.1, -0.05) is 24.4 Å². The molecule has 17 heavy (non-hydrogen) atoms. The minimum atomic E-state index is -3.55. The minimum absolute atomic E-state index is 0.195. The van der Waals surface area contributed by atoms with Crippen molar-refractivity contribution >= 4 is 33.0 Å². The Hall–Kier alpha value is -0.140. The summed E-state index contributed by atoms with van der Waals surface area (Å²) in [6, 6.07) is 2.65. The van der Waals surface area contributed by atoms with E-state index in [-0.39, 0.29) is 10.3 Å². The SMILES string of the molecule is O=S(=O)(NC1CCCCC1O)c1ccc(Cl)s1. The number of hydrogen-bond acceptors (Lipinski definition) is 4. The predicted octanol–water partition coefficient (Wildman–Crippen LogP) is 1.98. The van der Waals surface area contributed by atoms with Crippen molar-refractivity contribution < 1.29 is 13.5 Å². The van der Waals surface area contributed by atoms with Crippen LogP contribution in [0.15, 0.2) is 16.3 Å². The fraction of sp³-hybridized carbons (Fsp3) is 0.600. The second-order valence-electron chi connectivity index (χ2n) is 4.14. The monoisotopic (exact) mass is 295 g/mol. The molecule has 4 nitrogen and oxygen atoms in total. The van der Waals surface area contributed by atoms with E-state index in [0.29, 0.717) is 17.2 Å². The van der Waals surface area contributed by atoms with Crippen LogP contribution in [-0.2, 0) is 10.0 Å². The van der Waals surface area contributed by atoms with Gasteiger partial charge in [0.05, 0.1) is 10.4 Å². The molecule has 0 spiro atoms. The zero-order chi connectivity index (χ0) is 12.5. The van der Waals surface area contributed by atoms with Gasteiger partial charge >= 0.3 is 0 Å². The van der Waals surface area contributed by atoms with Crippen molar-refractivity contribution in [1.82, 2.24) is 4.72 Å². The number of rotatable bonds is 3. The van der Waals surface area contributed by atoms with Gasteiger partial charge in [0, 0.05) is 6.04 Å². The lowest BCUT2D eigenvalue weighted by Crippen LogP contribution is -2.44. The van der Waals surface area contributed by atoms with Gasteiger partial charge < -0.3 is 5.11 Å². The summed E-state index contributed by atoms with van der Waals surface area (Å²) < 4.78 is 27.2. The molecule has 0 amide bonds. The number of nitrogens with one attached hydrogen (secondary N) is 1. The highest BCUT2D eigenvalue weighted by Gasteiger charge is 2.28. The molecule has 1 saturated carbocycles. The molecule has 1 fully saturated rings. The van der Waals surface area contributed by atoms with Crippen LogP contribution < -0.4 is 4.72 Å². The highest BCUT2D eigenvalue weighted by Crippen LogP contribution is 2.27. The van der Waals surface area contributed by atoms with Crippen molar-refractivity contribution in [2.24, 2.45) is 0 Å². The number of sulfonamides is 1.